The Labute approximate surface area is 128 Å². The quantitative estimate of drug-likeness (QED) is 0.843. The van der Waals surface area contributed by atoms with Crippen molar-refractivity contribution in [3.05, 3.63) is 46.2 Å². The summed E-state index contributed by atoms with van der Waals surface area (Å²) in [5.74, 6) is 0. The van der Waals surface area contributed by atoms with Gasteiger partial charge in [0.05, 0.1) is 17.9 Å². The van der Waals surface area contributed by atoms with Crippen molar-refractivity contribution >= 4 is 15.9 Å². The van der Waals surface area contributed by atoms with Gasteiger partial charge < -0.3 is 5.32 Å². The number of likely N-dealkylation sites (N-methyl/N-ethyl adjacent to an activating group) is 1. The standard InChI is InChI=1S/C15H21BrN4/c1-3-8-20-15(11-18-19-20)14(17-4-2)10-12-6-5-7-13(16)9-12/h5-7,9,11,14,17H,3-4,8,10H2,1-2H3. The zero-order valence-electron chi connectivity index (χ0n) is 12.0. The number of nitrogens with one attached hydrogen (secondary N) is 1. The fourth-order valence-electron chi connectivity index (χ4n) is 2.35. The summed E-state index contributed by atoms with van der Waals surface area (Å²) >= 11 is 3.53. The van der Waals surface area contributed by atoms with Crippen LogP contribution in [0.1, 0.15) is 37.6 Å². The molecule has 0 aliphatic carbocycles. The lowest BCUT2D eigenvalue weighted by Crippen LogP contribution is -2.25. The van der Waals surface area contributed by atoms with Crippen molar-refractivity contribution in [2.45, 2.75) is 39.3 Å². The zero-order chi connectivity index (χ0) is 14.4. The van der Waals surface area contributed by atoms with Crippen LogP contribution in [0.25, 0.3) is 0 Å². The summed E-state index contributed by atoms with van der Waals surface area (Å²) in [5, 5.41) is 11.8. The van der Waals surface area contributed by atoms with Crippen LogP contribution in [-0.4, -0.2) is 21.5 Å². The smallest absolute Gasteiger partial charge is 0.0759 e. The lowest BCUT2D eigenvalue weighted by molar-refractivity contribution is 0.474. The first-order valence-electron chi connectivity index (χ1n) is 7.10. The van der Waals surface area contributed by atoms with Gasteiger partial charge in [-0.05, 0) is 37.1 Å². The number of nitrogens with zero attached hydrogens (tertiary/aromatic N) is 3. The Bertz CT molecular complexity index is 538. The predicted octanol–water partition coefficient (Wildman–Crippen LogP) is 3.34. The van der Waals surface area contributed by atoms with Crippen LogP contribution < -0.4 is 5.32 Å². The molecular weight excluding hydrogens is 316 g/mol. The number of hydrogen-bond donors (Lipinski definition) is 1. The molecule has 0 saturated heterocycles. The molecule has 1 unspecified atom stereocenters. The molecule has 0 bridgehead atoms. The number of rotatable bonds is 7. The maximum absolute atomic E-state index is 4.19. The molecule has 0 spiro atoms. The Hall–Kier alpha value is -1.20. The van der Waals surface area contributed by atoms with Crippen LogP contribution in [0.5, 0.6) is 0 Å². The molecule has 0 fully saturated rings. The van der Waals surface area contributed by atoms with E-state index in [0.29, 0.717) is 0 Å². The normalized spacial score (nSPS) is 12.6. The van der Waals surface area contributed by atoms with Crippen molar-refractivity contribution in [3.63, 3.8) is 0 Å². The van der Waals surface area contributed by atoms with E-state index in [1.165, 1.54) is 5.56 Å². The van der Waals surface area contributed by atoms with E-state index < -0.39 is 0 Å². The lowest BCUT2D eigenvalue weighted by atomic mass is 10.0. The van der Waals surface area contributed by atoms with E-state index >= 15 is 0 Å². The molecule has 0 saturated carbocycles. The van der Waals surface area contributed by atoms with Gasteiger partial charge >= 0.3 is 0 Å². The molecule has 2 aromatic rings. The summed E-state index contributed by atoms with van der Waals surface area (Å²) in [7, 11) is 0. The third kappa shape index (κ3) is 3.90. The fourth-order valence-corrected chi connectivity index (χ4v) is 2.80. The van der Waals surface area contributed by atoms with Gasteiger partial charge in [0.15, 0.2) is 0 Å². The molecule has 108 valence electrons. The Morgan fingerprint density at radius 2 is 2.20 bits per heavy atom. The summed E-state index contributed by atoms with van der Waals surface area (Å²) in [5.41, 5.74) is 2.46. The third-order valence-corrected chi connectivity index (χ3v) is 3.71. The SMILES string of the molecule is CCCn1nncc1C(Cc1cccc(Br)c1)NCC. The zero-order valence-corrected chi connectivity index (χ0v) is 13.6. The minimum Gasteiger partial charge on any atom is -0.309 e. The van der Waals surface area contributed by atoms with E-state index in [-0.39, 0.29) is 6.04 Å². The molecule has 1 N–H and O–H groups in total. The van der Waals surface area contributed by atoms with Crippen molar-refractivity contribution < 1.29 is 0 Å². The number of halogens is 1. The monoisotopic (exact) mass is 336 g/mol. The largest absolute Gasteiger partial charge is 0.309 e. The number of hydrogen-bond acceptors (Lipinski definition) is 3. The molecule has 1 aromatic heterocycles. The van der Waals surface area contributed by atoms with Crippen molar-refractivity contribution in [2.75, 3.05) is 6.54 Å². The molecule has 1 heterocycles. The second-order valence-electron chi connectivity index (χ2n) is 4.83. The summed E-state index contributed by atoms with van der Waals surface area (Å²) < 4.78 is 3.12. The first kappa shape index (κ1) is 15.2. The van der Waals surface area contributed by atoms with E-state index in [1.807, 2.05) is 10.9 Å². The Balaban J connectivity index is 2.20. The average Bonchev–Trinajstić information content (AvgIpc) is 2.87. The van der Waals surface area contributed by atoms with E-state index in [9.17, 15) is 0 Å². The van der Waals surface area contributed by atoms with Crippen LogP contribution in [0.2, 0.25) is 0 Å². The topological polar surface area (TPSA) is 42.7 Å². The second-order valence-corrected chi connectivity index (χ2v) is 5.74. The van der Waals surface area contributed by atoms with Crippen LogP contribution in [0.4, 0.5) is 0 Å². The summed E-state index contributed by atoms with van der Waals surface area (Å²) in [6.45, 7) is 6.12. The molecular formula is C15H21BrN4. The average molecular weight is 337 g/mol. The Morgan fingerprint density at radius 1 is 1.35 bits per heavy atom. The molecule has 2 rings (SSSR count). The highest BCUT2D eigenvalue weighted by Gasteiger charge is 2.16. The summed E-state index contributed by atoms with van der Waals surface area (Å²) in [4.78, 5) is 0. The lowest BCUT2D eigenvalue weighted by Gasteiger charge is -2.19. The fraction of sp³-hybridized carbons (Fsp3) is 0.467. The van der Waals surface area contributed by atoms with Gasteiger partial charge in [-0.2, -0.15) is 0 Å². The van der Waals surface area contributed by atoms with E-state index in [4.69, 9.17) is 0 Å². The van der Waals surface area contributed by atoms with Gasteiger partial charge in [-0.1, -0.05) is 47.1 Å². The van der Waals surface area contributed by atoms with Crippen molar-refractivity contribution in [1.29, 1.82) is 0 Å². The van der Waals surface area contributed by atoms with Crippen LogP contribution in [0.15, 0.2) is 34.9 Å². The van der Waals surface area contributed by atoms with Gasteiger partial charge in [0.2, 0.25) is 0 Å². The van der Waals surface area contributed by atoms with Crippen LogP contribution >= 0.6 is 15.9 Å². The second kappa shape index (κ2) is 7.55. The van der Waals surface area contributed by atoms with Gasteiger partial charge in [-0.15, -0.1) is 5.10 Å². The molecule has 0 aliphatic heterocycles. The maximum atomic E-state index is 4.19. The van der Waals surface area contributed by atoms with Gasteiger partial charge in [0.25, 0.3) is 0 Å². The van der Waals surface area contributed by atoms with Gasteiger partial charge in [-0.3, -0.25) is 0 Å². The van der Waals surface area contributed by atoms with Crippen LogP contribution in [0.3, 0.4) is 0 Å². The van der Waals surface area contributed by atoms with Crippen molar-refractivity contribution in [2.24, 2.45) is 0 Å². The molecule has 5 heteroatoms. The first-order valence-corrected chi connectivity index (χ1v) is 7.90. The molecule has 4 nitrogen and oxygen atoms in total. The van der Waals surface area contributed by atoms with Gasteiger partial charge in [0.1, 0.15) is 0 Å². The summed E-state index contributed by atoms with van der Waals surface area (Å²) in [6.07, 6.45) is 3.87. The van der Waals surface area contributed by atoms with Gasteiger partial charge in [-0.25, -0.2) is 4.68 Å². The molecule has 0 radical (unpaired) electrons. The number of benzene rings is 1. The molecule has 1 aromatic carbocycles. The highest BCUT2D eigenvalue weighted by atomic mass is 79.9. The Morgan fingerprint density at radius 3 is 2.90 bits per heavy atom. The van der Waals surface area contributed by atoms with Crippen LogP contribution in [-0.2, 0) is 13.0 Å². The molecule has 20 heavy (non-hydrogen) atoms. The minimum atomic E-state index is 0.246. The van der Waals surface area contributed by atoms with E-state index in [0.717, 1.165) is 36.1 Å². The van der Waals surface area contributed by atoms with Gasteiger partial charge in [0, 0.05) is 11.0 Å². The highest BCUT2D eigenvalue weighted by Crippen LogP contribution is 2.20. The predicted molar refractivity (Wildman–Crippen MR) is 84.6 cm³/mol. The third-order valence-electron chi connectivity index (χ3n) is 3.22. The molecule has 1 atom stereocenters. The Kier molecular flexibility index (Phi) is 5.73. The minimum absolute atomic E-state index is 0.246. The van der Waals surface area contributed by atoms with Crippen molar-refractivity contribution in [1.82, 2.24) is 20.3 Å². The molecule has 0 amide bonds. The first-order chi connectivity index (χ1) is 9.74. The van der Waals surface area contributed by atoms with Crippen LogP contribution in [0, 0.1) is 0 Å². The van der Waals surface area contributed by atoms with E-state index in [2.05, 4.69) is 69.7 Å². The highest BCUT2D eigenvalue weighted by molar-refractivity contribution is 9.10. The number of aromatic nitrogens is 3. The number of aryl methyl sites for hydroxylation is 1. The van der Waals surface area contributed by atoms with E-state index in [1.54, 1.807) is 0 Å². The molecule has 0 aliphatic rings. The summed E-state index contributed by atoms with van der Waals surface area (Å²) in [6, 6.07) is 8.69. The van der Waals surface area contributed by atoms with Crippen molar-refractivity contribution in [3.8, 4) is 0 Å². The maximum Gasteiger partial charge on any atom is 0.0759 e.